The van der Waals surface area contributed by atoms with Crippen molar-refractivity contribution < 1.29 is 9.53 Å². The van der Waals surface area contributed by atoms with Crippen LogP contribution in [-0.4, -0.2) is 28.6 Å². The highest BCUT2D eigenvalue weighted by atomic mass is 16.5. The van der Waals surface area contributed by atoms with E-state index in [4.69, 9.17) is 10.5 Å². The van der Waals surface area contributed by atoms with Crippen LogP contribution in [0.5, 0.6) is 5.75 Å². The number of aromatic nitrogens is 2. The fourth-order valence-electron chi connectivity index (χ4n) is 3.67. The minimum Gasteiger partial charge on any atom is -0.483 e. The molecule has 2 rings (SSSR count). The average molecular weight is 431 g/mol. The van der Waals surface area contributed by atoms with E-state index in [-0.39, 0.29) is 36.5 Å². The van der Waals surface area contributed by atoms with Gasteiger partial charge in [0.05, 0.1) is 0 Å². The van der Waals surface area contributed by atoms with E-state index in [1.54, 1.807) is 0 Å². The quantitative estimate of drug-likeness (QED) is 0.669. The second-order valence-corrected chi connectivity index (χ2v) is 8.91. The Labute approximate surface area is 183 Å². The summed E-state index contributed by atoms with van der Waals surface area (Å²) in [7, 11) is 0. The number of hydrogen-bond donors (Lipinski definition) is 2. The molecule has 1 amide bonds. The SMILES string of the molecule is Cc1cc(C)c(OCC(=O)N(CC(C)C)c2c(N)n(CC(C)C)c(=O)[nH]c2=O)c(C)c1. The van der Waals surface area contributed by atoms with Crippen LogP contribution in [0.15, 0.2) is 21.7 Å². The molecule has 1 aromatic carbocycles. The number of aryl methyl sites for hydroxylation is 3. The first-order valence-corrected chi connectivity index (χ1v) is 10.6. The standard InChI is InChI=1S/C23H34N4O4/c1-13(2)10-26(18(28)12-31-20-16(6)8-15(5)9-17(20)7)19-21(24)27(11-14(3)4)23(30)25-22(19)29/h8-9,13-14H,10-12,24H2,1-7H3,(H,25,29,30). The van der Waals surface area contributed by atoms with E-state index in [2.05, 4.69) is 4.98 Å². The molecule has 0 aliphatic heterocycles. The van der Waals surface area contributed by atoms with Crippen molar-refractivity contribution in [3.05, 3.63) is 49.7 Å². The second-order valence-electron chi connectivity index (χ2n) is 8.91. The number of amides is 1. The van der Waals surface area contributed by atoms with Gasteiger partial charge in [-0.1, -0.05) is 45.4 Å². The smallest absolute Gasteiger partial charge is 0.330 e. The van der Waals surface area contributed by atoms with Gasteiger partial charge in [0, 0.05) is 13.1 Å². The maximum Gasteiger partial charge on any atom is 0.330 e. The fourth-order valence-corrected chi connectivity index (χ4v) is 3.67. The first kappa shape index (κ1) is 24.2. The average Bonchev–Trinajstić information content (AvgIpc) is 2.62. The topological polar surface area (TPSA) is 110 Å². The third-order valence-corrected chi connectivity index (χ3v) is 4.83. The summed E-state index contributed by atoms with van der Waals surface area (Å²) in [6.45, 7) is 13.9. The van der Waals surface area contributed by atoms with E-state index in [0.717, 1.165) is 16.7 Å². The van der Waals surface area contributed by atoms with Crippen molar-refractivity contribution in [1.82, 2.24) is 9.55 Å². The molecular weight excluding hydrogens is 396 g/mol. The molecule has 1 heterocycles. The summed E-state index contributed by atoms with van der Waals surface area (Å²) in [6.07, 6.45) is 0. The molecular formula is C23H34N4O4. The molecule has 31 heavy (non-hydrogen) atoms. The lowest BCUT2D eigenvalue weighted by Crippen LogP contribution is -2.44. The Balaban J connectivity index is 2.44. The minimum absolute atomic E-state index is 0.0140. The number of anilines is 2. The van der Waals surface area contributed by atoms with Crippen LogP contribution in [0.4, 0.5) is 11.5 Å². The Morgan fingerprint density at radius 3 is 2.19 bits per heavy atom. The lowest BCUT2D eigenvalue weighted by molar-refractivity contribution is -0.120. The maximum atomic E-state index is 13.2. The molecule has 2 aromatic rings. The van der Waals surface area contributed by atoms with Crippen molar-refractivity contribution in [3.63, 3.8) is 0 Å². The molecule has 170 valence electrons. The highest BCUT2D eigenvalue weighted by molar-refractivity contribution is 5.96. The predicted molar refractivity (Wildman–Crippen MR) is 124 cm³/mol. The van der Waals surface area contributed by atoms with Gasteiger partial charge in [0.1, 0.15) is 11.6 Å². The molecule has 3 N–H and O–H groups in total. The van der Waals surface area contributed by atoms with Gasteiger partial charge >= 0.3 is 5.69 Å². The zero-order valence-electron chi connectivity index (χ0n) is 19.5. The van der Waals surface area contributed by atoms with Crippen molar-refractivity contribution in [3.8, 4) is 5.75 Å². The Kier molecular flexibility index (Phi) is 7.70. The number of carbonyl (C=O) groups is 1. The van der Waals surface area contributed by atoms with Gasteiger partial charge in [0.15, 0.2) is 12.3 Å². The van der Waals surface area contributed by atoms with E-state index >= 15 is 0 Å². The van der Waals surface area contributed by atoms with Gasteiger partial charge in [-0.05, 0) is 43.7 Å². The van der Waals surface area contributed by atoms with Crippen LogP contribution in [0, 0.1) is 32.6 Å². The number of benzene rings is 1. The summed E-state index contributed by atoms with van der Waals surface area (Å²) in [4.78, 5) is 41.7. The van der Waals surface area contributed by atoms with Crippen molar-refractivity contribution in [2.45, 2.75) is 55.0 Å². The molecule has 8 nitrogen and oxygen atoms in total. The minimum atomic E-state index is -0.681. The lowest BCUT2D eigenvalue weighted by Gasteiger charge is -2.26. The van der Waals surface area contributed by atoms with Gasteiger partial charge in [-0.3, -0.25) is 19.1 Å². The number of H-pyrrole nitrogens is 1. The zero-order chi connectivity index (χ0) is 23.5. The van der Waals surface area contributed by atoms with Crippen LogP contribution in [0.1, 0.15) is 44.4 Å². The molecule has 0 unspecified atom stereocenters. The van der Waals surface area contributed by atoms with Gasteiger partial charge in [-0.15, -0.1) is 0 Å². The number of ether oxygens (including phenoxy) is 1. The number of carbonyl (C=O) groups excluding carboxylic acids is 1. The molecule has 1 aromatic heterocycles. The van der Waals surface area contributed by atoms with Crippen LogP contribution >= 0.6 is 0 Å². The van der Waals surface area contributed by atoms with Gasteiger partial charge in [0.25, 0.3) is 11.5 Å². The fraction of sp³-hybridized carbons (Fsp3) is 0.522. The number of nitrogen functional groups attached to an aromatic ring is 1. The van der Waals surface area contributed by atoms with E-state index in [9.17, 15) is 14.4 Å². The normalized spacial score (nSPS) is 11.3. The van der Waals surface area contributed by atoms with Crippen molar-refractivity contribution in [2.75, 3.05) is 23.8 Å². The third-order valence-electron chi connectivity index (χ3n) is 4.83. The van der Waals surface area contributed by atoms with Gasteiger partial charge in [-0.25, -0.2) is 4.79 Å². The molecule has 0 saturated carbocycles. The summed E-state index contributed by atoms with van der Waals surface area (Å²) in [5.74, 6) is 0.425. The van der Waals surface area contributed by atoms with Crippen LogP contribution in [-0.2, 0) is 11.3 Å². The van der Waals surface area contributed by atoms with Crippen molar-refractivity contribution in [1.29, 1.82) is 0 Å². The van der Waals surface area contributed by atoms with Crippen LogP contribution in [0.25, 0.3) is 0 Å². The monoisotopic (exact) mass is 430 g/mol. The molecule has 0 atom stereocenters. The summed E-state index contributed by atoms with van der Waals surface area (Å²) in [5, 5.41) is 0. The predicted octanol–water partition coefficient (Wildman–Crippen LogP) is 2.77. The Bertz CT molecular complexity index is 1040. The summed E-state index contributed by atoms with van der Waals surface area (Å²) in [5.41, 5.74) is 7.93. The molecule has 0 bridgehead atoms. The zero-order valence-corrected chi connectivity index (χ0v) is 19.5. The van der Waals surface area contributed by atoms with Crippen LogP contribution < -0.4 is 26.6 Å². The number of nitrogens with one attached hydrogen (secondary N) is 1. The number of hydrogen-bond acceptors (Lipinski definition) is 5. The maximum absolute atomic E-state index is 13.2. The summed E-state index contributed by atoms with van der Waals surface area (Å²) >= 11 is 0. The highest BCUT2D eigenvalue weighted by Gasteiger charge is 2.26. The molecule has 0 saturated heterocycles. The van der Waals surface area contributed by atoms with Crippen LogP contribution in [0.3, 0.4) is 0 Å². The molecule has 0 fully saturated rings. The Morgan fingerprint density at radius 2 is 1.68 bits per heavy atom. The third kappa shape index (κ3) is 5.77. The number of rotatable bonds is 8. The molecule has 0 radical (unpaired) electrons. The van der Waals surface area contributed by atoms with Crippen molar-refractivity contribution >= 4 is 17.4 Å². The molecule has 0 spiro atoms. The van der Waals surface area contributed by atoms with E-state index in [0.29, 0.717) is 12.3 Å². The lowest BCUT2D eigenvalue weighted by atomic mass is 10.1. The highest BCUT2D eigenvalue weighted by Crippen LogP contribution is 2.25. The van der Waals surface area contributed by atoms with Crippen molar-refractivity contribution in [2.24, 2.45) is 11.8 Å². The molecule has 0 aliphatic carbocycles. The number of nitrogens with zero attached hydrogens (tertiary/aromatic N) is 2. The first-order valence-electron chi connectivity index (χ1n) is 10.6. The molecule has 8 heteroatoms. The first-order chi connectivity index (χ1) is 14.4. The largest absolute Gasteiger partial charge is 0.483 e. The van der Waals surface area contributed by atoms with E-state index < -0.39 is 17.2 Å². The van der Waals surface area contributed by atoms with Crippen LogP contribution in [0.2, 0.25) is 0 Å². The number of nitrogens with two attached hydrogens (primary N) is 1. The summed E-state index contributed by atoms with van der Waals surface area (Å²) in [6, 6.07) is 3.98. The second kappa shape index (κ2) is 9.85. The van der Waals surface area contributed by atoms with E-state index in [1.807, 2.05) is 60.6 Å². The molecule has 0 aliphatic rings. The number of aromatic amines is 1. The Morgan fingerprint density at radius 1 is 1.10 bits per heavy atom. The Hall–Kier alpha value is -3.03. The van der Waals surface area contributed by atoms with Gasteiger partial charge in [0.2, 0.25) is 0 Å². The van der Waals surface area contributed by atoms with Gasteiger partial charge < -0.3 is 15.4 Å². The van der Waals surface area contributed by atoms with E-state index in [1.165, 1.54) is 9.47 Å². The van der Waals surface area contributed by atoms with Gasteiger partial charge in [-0.2, -0.15) is 0 Å². The summed E-state index contributed by atoms with van der Waals surface area (Å²) < 4.78 is 7.16.